The Bertz CT molecular complexity index is 855. The average Bonchev–Trinajstić information content (AvgIpc) is 2.70. The number of hydrogen-bond acceptors (Lipinski definition) is 3. The molecule has 1 radical (unpaired) electrons. The van der Waals surface area contributed by atoms with E-state index in [1.165, 1.54) is 5.56 Å². The molecule has 1 aliphatic rings. The Labute approximate surface area is 160 Å². The van der Waals surface area contributed by atoms with Crippen LogP contribution in [0.25, 0.3) is 11.1 Å². The van der Waals surface area contributed by atoms with Crippen molar-refractivity contribution < 1.29 is 9.94 Å². The summed E-state index contributed by atoms with van der Waals surface area (Å²) in [6.45, 7) is 7.08. The zero-order chi connectivity index (χ0) is 19.3. The summed E-state index contributed by atoms with van der Waals surface area (Å²) in [6.07, 6.45) is 8.95. The summed E-state index contributed by atoms with van der Waals surface area (Å²) in [5.41, 5.74) is 5.31. The highest BCUT2D eigenvalue weighted by Gasteiger charge is 2.32. The van der Waals surface area contributed by atoms with Crippen LogP contribution in [-0.2, 0) is 11.2 Å². The minimum absolute atomic E-state index is 0.0231. The molecule has 0 heterocycles. The van der Waals surface area contributed by atoms with E-state index in [-0.39, 0.29) is 17.4 Å². The van der Waals surface area contributed by atoms with E-state index in [4.69, 9.17) is 15.4 Å². The van der Waals surface area contributed by atoms with Crippen molar-refractivity contribution in [1.29, 1.82) is 5.41 Å². The number of rotatable bonds is 6. The summed E-state index contributed by atoms with van der Waals surface area (Å²) in [6, 6.07) is 15.8. The van der Waals surface area contributed by atoms with Crippen LogP contribution in [0.2, 0.25) is 0 Å². The maximum absolute atomic E-state index is 9.08. The Morgan fingerprint density at radius 2 is 1.93 bits per heavy atom. The van der Waals surface area contributed by atoms with Crippen molar-refractivity contribution in [3.05, 3.63) is 90.9 Å². The Balaban J connectivity index is 1.83. The van der Waals surface area contributed by atoms with E-state index < -0.39 is 0 Å². The average molecular weight is 361 g/mol. The lowest BCUT2D eigenvalue weighted by atomic mass is 9.76. The zero-order valence-electron chi connectivity index (χ0n) is 15.5. The van der Waals surface area contributed by atoms with Gasteiger partial charge in [-0.25, -0.2) is 0 Å². The summed E-state index contributed by atoms with van der Waals surface area (Å²) in [4.78, 5) is 0. The molecule has 0 amide bonds. The van der Waals surface area contributed by atoms with Crippen LogP contribution in [-0.4, -0.2) is 23.8 Å². The topological polar surface area (TPSA) is 65.3 Å². The van der Waals surface area contributed by atoms with Crippen LogP contribution in [0.1, 0.15) is 18.1 Å². The third kappa shape index (κ3) is 4.18. The second kappa shape index (κ2) is 8.33. The normalized spacial score (nSPS) is 21.2. The Kier molecular flexibility index (Phi) is 5.89. The van der Waals surface area contributed by atoms with Gasteiger partial charge in [0.2, 0.25) is 0 Å². The number of hydroxylamine groups is 1. The molecule has 2 atom stereocenters. The summed E-state index contributed by atoms with van der Waals surface area (Å²) in [5, 5.41) is 16.9. The van der Waals surface area contributed by atoms with Crippen LogP contribution in [0, 0.1) is 17.7 Å². The summed E-state index contributed by atoms with van der Waals surface area (Å²) in [7, 11) is 0. The first-order valence-electron chi connectivity index (χ1n) is 9.08. The van der Waals surface area contributed by atoms with E-state index in [0.29, 0.717) is 12.2 Å². The molecule has 139 valence electrons. The molecule has 0 aromatic heterocycles. The summed E-state index contributed by atoms with van der Waals surface area (Å²) in [5.74, 6) is -0.0231. The van der Waals surface area contributed by atoms with Gasteiger partial charge in [0.15, 0.2) is 0 Å². The molecule has 1 aliphatic carbocycles. The van der Waals surface area contributed by atoms with Crippen LogP contribution in [0.3, 0.4) is 0 Å². The van der Waals surface area contributed by atoms with Crippen molar-refractivity contribution in [1.82, 2.24) is 5.48 Å². The molecule has 27 heavy (non-hydrogen) atoms. The molecule has 3 N–H and O–H groups in total. The Hall–Kier alpha value is -2.69. The van der Waals surface area contributed by atoms with Gasteiger partial charge >= 0.3 is 0 Å². The fourth-order valence-corrected chi connectivity index (χ4v) is 3.45. The number of nitrogens with one attached hydrogen (secondary N) is 2. The number of ether oxygens (including phenoxy) is 1. The molecule has 0 spiro atoms. The third-order valence-corrected chi connectivity index (χ3v) is 4.84. The van der Waals surface area contributed by atoms with Gasteiger partial charge in [-0.1, -0.05) is 72.8 Å². The van der Waals surface area contributed by atoms with E-state index in [1.807, 2.05) is 61.0 Å². The van der Waals surface area contributed by atoms with Gasteiger partial charge in [-0.05, 0) is 37.0 Å². The molecule has 2 aromatic carbocycles. The molecule has 0 bridgehead atoms. The first kappa shape index (κ1) is 19.1. The summed E-state index contributed by atoms with van der Waals surface area (Å²) >= 11 is 0. The molecule has 0 aliphatic heterocycles. The van der Waals surface area contributed by atoms with E-state index in [2.05, 4.69) is 31.2 Å². The molecule has 3 rings (SSSR count). The zero-order valence-corrected chi connectivity index (χ0v) is 15.5. The smallest absolute Gasteiger partial charge is 0.149 e. The molecule has 2 aromatic rings. The maximum atomic E-state index is 9.08. The van der Waals surface area contributed by atoms with E-state index in [9.17, 15) is 0 Å². The molecular formula is C23H25N2O2. The largest absolute Gasteiger partial charge is 0.374 e. The SMILES string of the molecule is [CH2]C1(Cc2ccc(-c3ccccc3C(=N)NO)cc2)C=CC=CC1OCC. The van der Waals surface area contributed by atoms with Gasteiger partial charge in [0.1, 0.15) is 5.84 Å². The first-order valence-corrected chi connectivity index (χ1v) is 9.08. The second-order valence-corrected chi connectivity index (χ2v) is 6.76. The van der Waals surface area contributed by atoms with Crippen LogP contribution in [0.4, 0.5) is 0 Å². The highest BCUT2D eigenvalue weighted by atomic mass is 16.5. The highest BCUT2D eigenvalue weighted by molar-refractivity contribution is 6.01. The van der Waals surface area contributed by atoms with Gasteiger partial charge in [-0.15, -0.1) is 0 Å². The quantitative estimate of drug-likeness (QED) is 0.402. The monoisotopic (exact) mass is 361 g/mol. The minimum atomic E-state index is -0.326. The highest BCUT2D eigenvalue weighted by Crippen LogP contribution is 2.34. The van der Waals surface area contributed by atoms with Crippen molar-refractivity contribution in [2.45, 2.75) is 19.4 Å². The second-order valence-electron chi connectivity index (χ2n) is 6.76. The predicted octanol–water partition coefficient (Wildman–Crippen LogP) is 4.55. The Morgan fingerprint density at radius 3 is 2.63 bits per heavy atom. The van der Waals surface area contributed by atoms with Crippen LogP contribution >= 0.6 is 0 Å². The van der Waals surface area contributed by atoms with Crippen molar-refractivity contribution in [2.24, 2.45) is 5.41 Å². The van der Waals surface area contributed by atoms with Crippen molar-refractivity contribution >= 4 is 5.84 Å². The molecule has 4 heteroatoms. The van der Waals surface area contributed by atoms with Gasteiger partial charge in [0, 0.05) is 17.6 Å². The van der Waals surface area contributed by atoms with Gasteiger partial charge in [-0.2, -0.15) is 0 Å². The standard InChI is InChI=1S/C23H25N2O2/c1-3-27-21-10-6-7-15-23(21,2)16-17-11-13-18(14-12-17)19-8-4-5-9-20(19)22(24)25-26/h4-15,21,26H,2-3,16H2,1H3,(H2,24,25). The number of amidine groups is 1. The fourth-order valence-electron chi connectivity index (χ4n) is 3.45. The predicted molar refractivity (Wildman–Crippen MR) is 109 cm³/mol. The summed E-state index contributed by atoms with van der Waals surface area (Å²) < 4.78 is 5.86. The van der Waals surface area contributed by atoms with Crippen LogP contribution in [0.5, 0.6) is 0 Å². The van der Waals surface area contributed by atoms with Gasteiger partial charge in [0.05, 0.1) is 6.10 Å². The maximum Gasteiger partial charge on any atom is 0.149 e. The number of benzene rings is 2. The van der Waals surface area contributed by atoms with E-state index in [0.717, 1.165) is 17.5 Å². The first-order chi connectivity index (χ1) is 13.1. The lowest BCUT2D eigenvalue weighted by Crippen LogP contribution is -2.35. The van der Waals surface area contributed by atoms with Crippen LogP contribution < -0.4 is 5.48 Å². The molecule has 2 unspecified atom stereocenters. The minimum Gasteiger partial charge on any atom is -0.374 e. The van der Waals surface area contributed by atoms with Crippen LogP contribution in [0.15, 0.2) is 72.8 Å². The van der Waals surface area contributed by atoms with E-state index in [1.54, 1.807) is 0 Å². The lowest BCUT2D eigenvalue weighted by molar-refractivity contribution is 0.0376. The fraction of sp³-hybridized carbons (Fsp3) is 0.217. The van der Waals surface area contributed by atoms with Gasteiger partial charge in [0.25, 0.3) is 0 Å². The van der Waals surface area contributed by atoms with Gasteiger partial charge < -0.3 is 4.74 Å². The molecule has 0 fully saturated rings. The molecule has 0 saturated heterocycles. The molecule has 4 nitrogen and oxygen atoms in total. The van der Waals surface area contributed by atoms with E-state index >= 15 is 0 Å². The van der Waals surface area contributed by atoms with Crippen molar-refractivity contribution in [3.8, 4) is 11.1 Å². The lowest BCUT2D eigenvalue weighted by Gasteiger charge is -2.35. The number of allylic oxidation sites excluding steroid dienone is 2. The van der Waals surface area contributed by atoms with Crippen molar-refractivity contribution in [3.63, 3.8) is 0 Å². The molecular weight excluding hydrogens is 336 g/mol. The Morgan fingerprint density at radius 1 is 1.19 bits per heavy atom. The molecule has 0 saturated carbocycles. The van der Waals surface area contributed by atoms with Crippen molar-refractivity contribution in [2.75, 3.05) is 6.61 Å². The van der Waals surface area contributed by atoms with Gasteiger partial charge in [-0.3, -0.25) is 16.1 Å². The third-order valence-electron chi connectivity index (χ3n) is 4.84. The number of hydrogen-bond donors (Lipinski definition) is 3.